The third-order valence-electron chi connectivity index (χ3n) is 3.99. The average molecular weight is 426 g/mol. The molecule has 0 heterocycles. The molecule has 0 aliphatic carbocycles. The van der Waals surface area contributed by atoms with Crippen LogP contribution in [0.25, 0.3) is 22.3 Å². The summed E-state index contributed by atoms with van der Waals surface area (Å²) in [5.74, 6) is -2.26. The number of rotatable bonds is 4. The monoisotopic (exact) mass is 426 g/mol. The summed E-state index contributed by atoms with van der Waals surface area (Å²) in [4.78, 5) is -0.726. The Morgan fingerprint density at radius 1 is 0.571 bits per heavy atom. The number of hydrogen-bond acceptors (Lipinski definition) is 4. The Morgan fingerprint density at radius 3 is 1.11 bits per heavy atom. The first-order chi connectivity index (χ1) is 13.0. The van der Waals surface area contributed by atoms with Gasteiger partial charge in [-0.15, -0.1) is 0 Å². The smallest absolute Gasteiger partial charge is 0.282 e. The zero-order valence-electron chi connectivity index (χ0n) is 13.9. The van der Waals surface area contributed by atoms with E-state index in [9.17, 15) is 25.6 Å². The van der Waals surface area contributed by atoms with Gasteiger partial charge < -0.3 is 0 Å². The fourth-order valence-corrected chi connectivity index (χ4v) is 3.60. The molecule has 0 aliphatic rings. The highest BCUT2D eigenvalue weighted by Gasteiger charge is 2.16. The van der Waals surface area contributed by atoms with Crippen LogP contribution in [0.1, 0.15) is 0 Å². The molecule has 3 aromatic carbocycles. The zero-order chi connectivity index (χ0) is 20.7. The summed E-state index contributed by atoms with van der Waals surface area (Å²) in [5, 5.41) is 0. The summed E-state index contributed by atoms with van der Waals surface area (Å²) in [7, 11) is -8.82. The van der Waals surface area contributed by atoms with Crippen LogP contribution in [0, 0.1) is 11.6 Å². The maximum absolute atomic E-state index is 13.8. The number of hydrogen-bond donors (Lipinski definition) is 2. The molecule has 0 unspecified atom stereocenters. The Balaban J connectivity index is 2.16. The van der Waals surface area contributed by atoms with Crippen molar-refractivity contribution >= 4 is 20.2 Å². The molecule has 0 bridgehead atoms. The minimum Gasteiger partial charge on any atom is -0.282 e. The Hall–Kier alpha value is -2.66. The van der Waals surface area contributed by atoms with Gasteiger partial charge in [-0.1, -0.05) is 24.3 Å². The molecular formula is C18H12F2O6S2. The Labute approximate surface area is 159 Å². The molecule has 0 aliphatic heterocycles. The number of halogens is 2. The van der Waals surface area contributed by atoms with Gasteiger partial charge in [-0.05, 0) is 58.7 Å². The molecule has 6 nitrogen and oxygen atoms in total. The van der Waals surface area contributed by atoms with Crippen molar-refractivity contribution in [3.05, 3.63) is 72.3 Å². The lowest BCUT2D eigenvalue weighted by atomic mass is 9.94. The van der Waals surface area contributed by atoms with E-state index in [1.54, 1.807) is 0 Å². The summed E-state index contributed by atoms with van der Waals surface area (Å²) in [5.41, 5.74) is 1.08. The fourth-order valence-electron chi connectivity index (χ4n) is 2.64. The van der Waals surface area contributed by atoms with E-state index in [0.29, 0.717) is 11.1 Å². The molecule has 2 N–H and O–H groups in total. The van der Waals surface area contributed by atoms with Crippen molar-refractivity contribution in [2.45, 2.75) is 9.79 Å². The zero-order valence-corrected chi connectivity index (χ0v) is 15.5. The van der Waals surface area contributed by atoms with E-state index in [1.165, 1.54) is 24.3 Å². The quantitative estimate of drug-likeness (QED) is 0.615. The third kappa shape index (κ3) is 4.09. The molecule has 10 heteroatoms. The second kappa shape index (κ2) is 7.06. The van der Waals surface area contributed by atoms with Gasteiger partial charge in [0.25, 0.3) is 20.2 Å². The fraction of sp³-hybridized carbons (Fsp3) is 0. The maximum Gasteiger partial charge on any atom is 0.294 e. The van der Waals surface area contributed by atoms with E-state index < -0.39 is 31.9 Å². The highest BCUT2D eigenvalue weighted by molar-refractivity contribution is 7.86. The predicted molar refractivity (Wildman–Crippen MR) is 96.9 cm³/mol. The van der Waals surface area contributed by atoms with Gasteiger partial charge in [-0.3, -0.25) is 9.11 Å². The summed E-state index contributed by atoms with van der Waals surface area (Å²) < 4.78 is 90.4. The molecule has 0 aromatic heterocycles. The van der Waals surface area contributed by atoms with Crippen molar-refractivity contribution in [1.82, 2.24) is 0 Å². The summed E-state index contributed by atoms with van der Waals surface area (Å²) >= 11 is 0. The van der Waals surface area contributed by atoms with E-state index in [2.05, 4.69) is 0 Å². The molecule has 0 saturated carbocycles. The molecule has 28 heavy (non-hydrogen) atoms. The molecule has 3 aromatic rings. The molecular weight excluding hydrogens is 414 g/mol. The highest BCUT2D eigenvalue weighted by Crippen LogP contribution is 2.34. The Bertz CT molecular complexity index is 1150. The first-order valence-electron chi connectivity index (χ1n) is 7.62. The third-order valence-corrected chi connectivity index (χ3v) is 5.72. The van der Waals surface area contributed by atoms with Crippen LogP contribution in [0.2, 0.25) is 0 Å². The van der Waals surface area contributed by atoms with Crippen molar-refractivity contribution in [2.75, 3.05) is 0 Å². The van der Waals surface area contributed by atoms with Gasteiger partial charge in [0, 0.05) is 0 Å². The van der Waals surface area contributed by atoms with Crippen LogP contribution >= 0.6 is 0 Å². The van der Waals surface area contributed by atoms with Crippen molar-refractivity contribution < 1.29 is 34.7 Å². The van der Waals surface area contributed by atoms with Crippen LogP contribution in [0.5, 0.6) is 0 Å². The molecule has 0 atom stereocenters. The van der Waals surface area contributed by atoms with Crippen LogP contribution in [-0.4, -0.2) is 25.9 Å². The van der Waals surface area contributed by atoms with Gasteiger partial charge in [-0.25, -0.2) is 8.78 Å². The SMILES string of the molecule is O=S(=O)(O)c1ccc(-c2cc(F)c(F)cc2-c2ccc(S(=O)(=O)O)cc2)cc1. The topological polar surface area (TPSA) is 109 Å². The van der Waals surface area contributed by atoms with Gasteiger partial charge in [0.1, 0.15) is 0 Å². The number of benzene rings is 3. The van der Waals surface area contributed by atoms with Gasteiger partial charge in [-0.2, -0.15) is 16.8 Å². The molecule has 0 radical (unpaired) electrons. The van der Waals surface area contributed by atoms with Crippen LogP contribution in [0.3, 0.4) is 0 Å². The normalized spacial score (nSPS) is 12.1. The van der Waals surface area contributed by atoms with Crippen LogP contribution in [0.4, 0.5) is 8.78 Å². The van der Waals surface area contributed by atoms with Crippen LogP contribution in [0.15, 0.2) is 70.5 Å². The molecule has 0 fully saturated rings. The summed E-state index contributed by atoms with van der Waals surface area (Å²) in [6, 6.07) is 11.5. The first kappa shape index (κ1) is 20.1. The minimum absolute atomic E-state index is 0.209. The largest absolute Gasteiger partial charge is 0.294 e. The Kier molecular flexibility index (Phi) is 5.06. The van der Waals surface area contributed by atoms with Gasteiger partial charge in [0.05, 0.1) is 9.79 Å². The second-order valence-corrected chi connectivity index (χ2v) is 8.65. The van der Waals surface area contributed by atoms with E-state index in [4.69, 9.17) is 9.11 Å². The second-order valence-electron chi connectivity index (χ2n) is 5.81. The molecule has 146 valence electrons. The Morgan fingerprint density at radius 2 is 0.857 bits per heavy atom. The van der Waals surface area contributed by atoms with Gasteiger partial charge in [0.2, 0.25) is 0 Å². The molecule has 0 amide bonds. The summed E-state index contributed by atoms with van der Waals surface area (Å²) in [6.07, 6.45) is 0. The molecule has 0 saturated heterocycles. The minimum atomic E-state index is -4.41. The van der Waals surface area contributed by atoms with E-state index in [1.807, 2.05) is 0 Å². The van der Waals surface area contributed by atoms with E-state index in [0.717, 1.165) is 36.4 Å². The first-order valence-corrected chi connectivity index (χ1v) is 10.5. The van der Waals surface area contributed by atoms with E-state index >= 15 is 0 Å². The lowest BCUT2D eigenvalue weighted by Gasteiger charge is -2.12. The lowest BCUT2D eigenvalue weighted by Crippen LogP contribution is -1.98. The van der Waals surface area contributed by atoms with Crippen LogP contribution < -0.4 is 0 Å². The standard InChI is InChI=1S/C18H12F2O6S2/c19-17-9-15(11-1-5-13(6-2-11)27(21,22)23)16(10-18(17)20)12-3-7-14(8-4-12)28(24,25)26/h1-10H,(H,21,22,23)(H,24,25,26). The van der Waals surface area contributed by atoms with Crippen molar-refractivity contribution in [1.29, 1.82) is 0 Å². The van der Waals surface area contributed by atoms with Crippen molar-refractivity contribution in [3.8, 4) is 22.3 Å². The van der Waals surface area contributed by atoms with Crippen molar-refractivity contribution in [3.63, 3.8) is 0 Å². The van der Waals surface area contributed by atoms with Gasteiger partial charge in [0.15, 0.2) is 11.6 Å². The summed E-state index contributed by atoms with van der Waals surface area (Å²) in [6.45, 7) is 0. The maximum atomic E-state index is 13.8. The highest BCUT2D eigenvalue weighted by atomic mass is 32.2. The molecule has 3 rings (SSSR count). The lowest BCUT2D eigenvalue weighted by molar-refractivity contribution is 0.481. The van der Waals surface area contributed by atoms with E-state index in [-0.39, 0.29) is 20.9 Å². The molecule has 0 spiro atoms. The van der Waals surface area contributed by atoms with Crippen LogP contribution in [-0.2, 0) is 20.2 Å². The average Bonchev–Trinajstić information content (AvgIpc) is 2.62. The predicted octanol–water partition coefficient (Wildman–Crippen LogP) is 3.79. The van der Waals surface area contributed by atoms with Crippen molar-refractivity contribution in [2.24, 2.45) is 0 Å². The van der Waals surface area contributed by atoms with Gasteiger partial charge >= 0.3 is 0 Å².